The van der Waals surface area contributed by atoms with E-state index in [1.54, 1.807) is 50.4 Å². The number of aliphatic hydroxyl groups excluding tert-OH is 1. The van der Waals surface area contributed by atoms with E-state index in [1.165, 1.54) is 12.1 Å². The van der Waals surface area contributed by atoms with E-state index in [-0.39, 0.29) is 17.2 Å². The topological polar surface area (TPSA) is 145 Å². The Morgan fingerprint density at radius 1 is 1.06 bits per heavy atom. The van der Waals surface area contributed by atoms with Crippen molar-refractivity contribution in [2.24, 2.45) is 0 Å². The lowest BCUT2D eigenvalue weighted by atomic mass is 10.1. The first-order valence-corrected chi connectivity index (χ1v) is 11.9. The van der Waals surface area contributed by atoms with Crippen LogP contribution in [0.3, 0.4) is 0 Å². The van der Waals surface area contributed by atoms with E-state index in [9.17, 15) is 18.3 Å². The molecule has 180 valence electrons. The van der Waals surface area contributed by atoms with Gasteiger partial charge in [-0.15, -0.1) is 0 Å². The highest BCUT2D eigenvalue weighted by Crippen LogP contribution is 2.30. The Kier molecular flexibility index (Phi) is 7.69. The van der Waals surface area contributed by atoms with E-state index >= 15 is 0 Å². The van der Waals surface area contributed by atoms with E-state index < -0.39 is 22.5 Å². The number of carboxylic acid groups (broad SMARTS) is 1. The van der Waals surface area contributed by atoms with Gasteiger partial charge in [0.05, 0.1) is 17.2 Å². The summed E-state index contributed by atoms with van der Waals surface area (Å²) in [5.74, 6) is -0.431. The van der Waals surface area contributed by atoms with Crippen molar-refractivity contribution in [2.45, 2.75) is 25.7 Å². The molecule has 0 unspecified atom stereocenters. The maximum atomic E-state index is 13.5. The van der Waals surface area contributed by atoms with Crippen LogP contribution in [-0.4, -0.2) is 54.3 Å². The molecule has 0 spiro atoms. The van der Waals surface area contributed by atoms with Gasteiger partial charge in [-0.25, -0.2) is 13.4 Å². The van der Waals surface area contributed by atoms with Crippen LogP contribution in [0.2, 0.25) is 0 Å². The van der Waals surface area contributed by atoms with Gasteiger partial charge in [0.15, 0.2) is 0 Å². The molecular weight excluding hydrogens is 458 g/mol. The third kappa shape index (κ3) is 5.80. The molecule has 0 aliphatic carbocycles. The summed E-state index contributed by atoms with van der Waals surface area (Å²) in [7, 11) is -4.13. The SMILES string of the molecule is Cc1cc(C)c(S(=O)(=O)N(CC(=O)O)c2ccc(Nc3ccnc(NCCO)n3)cc2)c(C)c1. The second-order valence-corrected chi connectivity index (χ2v) is 9.52. The predicted octanol–water partition coefficient (Wildman–Crippen LogP) is 2.83. The van der Waals surface area contributed by atoms with Crippen LogP contribution in [0.25, 0.3) is 0 Å². The number of aryl methyl sites for hydroxylation is 3. The van der Waals surface area contributed by atoms with Crippen molar-refractivity contribution in [2.75, 3.05) is 34.6 Å². The molecule has 0 aliphatic rings. The van der Waals surface area contributed by atoms with Crippen LogP contribution in [0.5, 0.6) is 0 Å². The van der Waals surface area contributed by atoms with Crippen LogP contribution in [0.4, 0.5) is 23.1 Å². The Balaban J connectivity index is 1.91. The van der Waals surface area contributed by atoms with Crippen LogP contribution < -0.4 is 14.9 Å². The maximum Gasteiger partial charge on any atom is 0.324 e. The molecule has 3 aromatic rings. The van der Waals surface area contributed by atoms with Gasteiger partial charge < -0.3 is 20.8 Å². The van der Waals surface area contributed by atoms with Gasteiger partial charge in [-0.2, -0.15) is 4.98 Å². The zero-order valence-corrected chi connectivity index (χ0v) is 19.9. The Morgan fingerprint density at radius 2 is 1.71 bits per heavy atom. The first-order chi connectivity index (χ1) is 16.1. The second kappa shape index (κ2) is 10.5. The number of hydrogen-bond donors (Lipinski definition) is 4. The van der Waals surface area contributed by atoms with Crippen molar-refractivity contribution < 1.29 is 23.4 Å². The average Bonchev–Trinajstić information content (AvgIpc) is 2.76. The number of rotatable bonds is 10. The van der Waals surface area contributed by atoms with Gasteiger partial charge in [-0.05, 0) is 62.2 Å². The van der Waals surface area contributed by atoms with Crippen molar-refractivity contribution >= 4 is 39.1 Å². The highest BCUT2D eigenvalue weighted by atomic mass is 32.2. The van der Waals surface area contributed by atoms with E-state index in [0.29, 0.717) is 35.1 Å². The van der Waals surface area contributed by atoms with Gasteiger partial charge in [0.2, 0.25) is 5.95 Å². The molecule has 34 heavy (non-hydrogen) atoms. The van der Waals surface area contributed by atoms with Crippen LogP contribution in [-0.2, 0) is 14.8 Å². The average molecular weight is 486 g/mol. The number of hydrogen-bond acceptors (Lipinski definition) is 8. The van der Waals surface area contributed by atoms with E-state index in [4.69, 9.17) is 5.11 Å². The Morgan fingerprint density at radius 3 is 2.29 bits per heavy atom. The largest absolute Gasteiger partial charge is 0.480 e. The molecule has 2 aromatic carbocycles. The molecule has 0 amide bonds. The lowest BCUT2D eigenvalue weighted by Gasteiger charge is -2.25. The summed E-state index contributed by atoms with van der Waals surface area (Å²) in [6.07, 6.45) is 1.55. The fraction of sp³-hybridized carbons (Fsp3) is 0.261. The van der Waals surface area contributed by atoms with Crippen molar-refractivity contribution in [1.29, 1.82) is 0 Å². The number of carboxylic acids is 1. The van der Waals surface area contributed by atoms with Gasteiger partial charge in [-0.3, -0.25) is 9.10 Å². The van der Waals surface area contributed by atoms with E-state index in [1.807, 2.05) is 6.92 Å². The van der Waals surface area contributed by atoms with Crippen molar-refractivity contribution in [3.63, 3.8) is 0 Å². The monoisotopic (exact) mass is 485 g/mol. The third-order valence-electron chi connectivity index (χ3n) is 4.91. The number of aliphatic hydroxyl groups is 1. The second-order valence-electron chi connectivity index (χ2n) is 7.72. The maximum absolute atomic E-state index is 13.5. The third-order valence-corrected chi connectivity index (χ3v) is 6.99. The van der Waals surface area contributed by atoms with Crippen LogP contribution >= 0.6 is 0 Å². The van der Waals surface area contributed by atoms with Gasteiger partial charge >= 0.3 is 5.97 Å². The first-order valence-electron chi connectivity index (χ1n) is 10.5. The first kappa shape index (κ1) is 24.9. The lowest BCUT2D eigenvalue weighted by Crippen LogP contribution is -2.36. The minimum atomic E-state index is -4.13. The normalized spacial score (nSPS) is 11.2. The molecule has 11 heteroatoms. The summed E-state index contributed by atoms with van der Waals surface area (Å²) in [4.78, 5) is 20.0. The molecule has 3 rings (SSSR count). The highest BCUT2D eigenvalue weighted by molar-refractivity contribution is 7.93. The molecule has 0 saturated carbocycles. The molecule has 0 saturated heterocycles. The number of nitrogens with one attached hydrogen (secondary N) is 2. The van der Waals surface area contributed by atoms with E-state index in [0.717, 1.165) is 9.87 Å². The number of benzene rings is 2. The zero-order valence-electron chi connectivity index (χ0n) is 19.1. The number of aromatic nitrogens is 2. The summed E-state index contributed by atoms with van der Waals surface area (Å²) in [5.41, 5.74) is 2.88. The Labute approximate surface area is 198 Å². The van der Waals surface area contributed by atoms with Crippen LogP contribution in [0.15, 0.2) is 53.6 Å². The molecule has 0 aliphatic heterocycles. The predicted molar refractivity (Wildman–Crippen MR) is 130 cm³/mol. The van der Waals surface area contributed by atoms with Gasteiger partial charge in [0.1, 0.15) is 12.4 Å². The molecule has 0 atom stereocenters. The van der Waals surface area contributed by atoms with Gasteiger partial charge in [-0.1, -0.05) is 17.7 Å². The smallest absolute Gasteiger partial charge is 0.324 e. The van der Waals surface area contributed by atoms with Crippen molar-refractivity contribution in [3.8, 4) is 0 Å². The van der Waals surface area contributed by atoms with Crippen LogP contribution in [0, 0.1) is 20.8 Å². The number of carbonyl (C=O) groups is 1. The van der Waals surface area contributed by atoms with Crippen LogP contribution in [0.1, 0.15) is 16.7 Å². The lowest BCUT2D eigenvalue weighted by molar-refractivity contribution is -0.135. The number of aliphatic carboxylic acids is 1. The molecule has 1 heterocycles. The Bertz CT molecular complexity index is 1260. The molecule has 0 fully saturated rings. The number of sulfonamides is 1. The number of anilines is 4. The summed E-state index contributed by atoms with van der Waals surface area (Å²) < 4.78 is 27.9. The highest BCUT2D eigenvalue weighted by Gasteiger charge is 2.30. The zero-order chi connectivity index (χ0) is 24.9. The fourth-order valence-corrected chi connectivity index (χ4v) is 5.49. The molecule has 1 aromatic heterocycles. The summed E-state index contributed by atoms with van der Waals surface area (Å²) in [6, 6.07) is 11.5. The molecule has 0 bridgehead atoms. The summed E-state index contributed by atoms with van der Waals surface area (Å²) in [6.45, 7) is 4.81. The molecule has 10 nitrogen and oxygen atoms in total. The summed E-state index contributed by atoms with van der Waals surface area (Å²) in [5, 5.41) is 24.3. The Hall–Kier alpha value is -3.70. The summed E-state index contributed by atoms with van der Waals surface area (Å²) >= 11 is 0. The van der Waals surface area contributed by atoms with E-state index in [2.05, 4.69) is 20.6 Å². The fourth-order valence-electron chi connectivity index (χ4n) is 3.66. The minimum Gasteiger partial charge on any atom is -0.480 e. The van der Waals surface area contributed by atoms with Gasteiger partial charge in [0, 0.05) is 18.4 Å². The number of nitrogens with zero attached hydrogens (tertiary/aromatic N) is 3. The molecular formula is C23H27N5O5S. The standard InChI is InChI=1S/C23H27N5O5S/c1-15-12-16(2)22(17(3)13-15)34(32,33)28(14-21(30)31)19-6-4-18(5-7-19)26-20-8-9-24-23(27-20)25-10-11-29/h4-9,12-13,29H,10-11,14H2,1-3H3,(H,30,31)(H2,24,25,26,27). The van der Waals surface area contributed by atoms with Gasteiger partial charge in [0.25, 0.3) is 10.0 Å². The minimum absolute atomic E-state index is 0.0557. The molecule has 0 radical (unpaired) electrons. The molecule has 4 N–H and O–H groups in total. The quantitative estimate of drug-likeness (QED) is 0.341. The van der Waals surface area contributed by atoms with Crippen molar-refractivity contribution in [3.05, 3.63) is 65.4 Å². The van der Waals surface area contributed by atoms with Crippen molar-refractivity contribution in [1.82, 2.24) is 9.97 Å².